The number of aliphatic hydroxyl groups is 1. The number of ether oxygens (including phenoxy) is 1. The largest absolute Gasteiger partial charge is 0.444 e. The van der Waals surface area contributed by atoms with E-state index in [1.807, 2.05) is 25.1 Å². The van der Waals surface area contributed by atoms with Gasteiger partial charge in [-0.1, -0.05) is 51.5 Å². The smallest absolute Gasteiger partial charge is 0.408 e. The number of amides is 2. The molecule has 0 spiro atoms. The van der Waals surface area contributed by atoms with Crippen molar-refractivity contribution in [1.29, 1.82) is 0 Å². The fourth-order valence-electron chi connectivity index (χ4n) is 4.30. The molecule has 8 heteroatoms. The second-order valence-electron chi connectivity index (χ2n) is 10.2. The molecule has 1 saturated carbocycles. The van der Waals surface area contributed by atoms with Gasteiger partial charge in [0.2, 0.25) is 5.91 Å². The molecule has 1 aromatic heterocycles. The standard InChI is InChI=1S/C26H43N3O4S/c1-5-11-20(29-25(32)33-26(2,3)4)24(31)28-21(18-19-12-7-6-8-13-19)22(30)15-17-34-23-14-9-10-16-27-23/h9-10,14,16,19-22,30H,5-8,11-13,15,17-18H2,1-4H3,(H,28,31)(H,29,32)/t20-,21-,22-/m0/s1. The summed E-state index contributed by atoms with van der Waals surface area (Å²) in [7, 11) is 0. The number of nitrogens with one attached hydrogen (secondary N) is 2. The highest BCUT2D eigenvalue weighted by molar-refractivity contribution is 7.99. The fraction of sp³-hybridized carbons (Fsp3) is 0.731. The van der Waals surface area contributed by atoms with Crippen molar-refractivity contribution in [2.45, 2.75) is 114 Å². The zero-order valence-corrected chi connectivity index (χ0v) is 22.0. The summed E-state index contributed by atoms with van der Waals surface area (Å²) in [4.78, 5) is 29.8. The number of nitrogens with zero attached hydrogens (tertiary/aromatic N) is 1. The number of thioether (sulfide) groups is 1. The van der Waals surface area contributed by atoms with Crippen LogP contribution in [-0.2, 0) is 9.53 Å². The minimum Gasteiger partial charge on any atom is -0.444 e. The van der Waals surface area contributed by atoms with Gasteiger partial charge in [-0.3, -0.25) is 4.79 Å². The molecule has 0 unspecified atom stereocenters. The monoisotopic (exact) mass is 493 g/mol. The molecule has 1 fully saturated rings. The van der Waals surface area contributed by atoms with Gasteiger partial charge in [-0.2, -0.15) is 0 Å². The van der Waals surface area contributed by atoms with Gasteiger partial charge in [-0.15, -0.1) is 11.8 Å². The molecule has 192 valence electrons. The number of hydrogen-bond acceptors (Lipinski definition) is 6. The Kier molecular flexibility index (Phi) is 12.2. The van der Waals surface area contributed by atoms with E-state index >= 15 is 0 Å². The molecule has 0 bridgehead atoms. The van der Waals surface area contributed by atoms with Gasteiger partial charge in [-0.25, -0.2) is 9.78 Å². The number of aliphatic hydroxyl groups excluding tert-OH is 1. The average Bonchev–Trinajstić information content (AvgIpc) is 2.78. The minimum absolute atomic E-state index is 0.259. The maximum Gasteiger partial charge on any atom is 0.408 e. The molecular formula is C26H43N3O4S. The third-order valence-electron chi connectivity index (χ3n) is 5.99. The molecule has 3 atom stereocenters. The lowest BCUT2D eigenvalue weighted by molar-refractivity contribution is -0.125. The molecule has 1 aromatic rings. The van der Waals surface area contributed by atoms with Crippen molar-refractivity contribution >= 4 is 23.8 Å². The van der Waals surface area contributed by atoms with Crippen LogP contribution >= 0.6 is 11.8 Å². The molecule has 0 radical (unpaired) electrons. The first-order valence-corrected chi connectivity index (χ1v) is 13.7. The lowest BCUT2D eigenvalue weighted by atomic mass is 9.83. The Morgan fingerprint density at radius 3 is 2.53 bits per heavy atom. The Morgan fingerprint density at radius 2 is 1.91 bits per heavy atom. The van der Waals surface area contributed by atoms with Crippen LogP contribution in [0.1, 0.15) is 85.5 Å². The molecule has 34 heavy (non-hydrogen) atoms. The van der Waals surface area contributed by atoms with Crippen LogP contribution in [0.4, 0.5) is 4.79 Å². The number of aromatic nitrogens is 1. The fourth-order valence-corrected chi connectivity index (χ4v) is 5.18. The van der Waals surface area contributed by atoms with Gasteiger partial charge < -0.3 is 20.5 Å². The molecule has 1 heterocycles. The van der Waals surface area contributed by atoms with Crippen molar-refractivity contribution in [3.05, 3.63) is 24.4 Å². The van der Waals surface area contributed by atoms with E-state index in [-0.39, 0.29) is 11.9 Å². The van der Waals surface area contributed by atoms with Crippen LogP contribution in [0.15, 0.2) is 29.4 Å². The van der Waals surface area contributed by atoms with Gasteiger partial charge in [0.05, 0.1) is 17.2 Å². The number of hydrogen-bond donors (Lipinski definition) is 3. The molecule has 1 aliphatic rings. The Balaban J connectivity index is 2.00. The van der Waals surface area contributed by atoms with E-state index in [0.29, 0.717) is 24.5 Å². The molecule has 0 aliphatic heterocycles. The first-order chi connectivity index (χ1) is 16.2. The predicted molar refractivity (Wildman–Crippen MR) is 137 cm³/mol. The molecule has 1 aliphatic carbocycles. The highest BCUT2D eigenvalue weighted by Crippen LogP contribution is 2.29. The Labute approximate surface area is 209 Å². The number of alkyl carbamates (subject to hydrolysis) is 1. The van der Waals surface area contributed by atoms with E-state index in [4.69, 9.17) is 4.74 Å². The summed E-state index contributed by atoms with van der Waals surface area (Å²) in [6, 6.07) is 4.75. The van der Waals surface area contributed by atoms with Crippen molar-refractivity contribution in [2.24, 2.45) is 5.92 Å². The zero-order chi connectivity index (χ0) is 25.0. The second-order valence-corrected chi connectivity index (χ2v) is 11.3. The first kappa shape index (κ1) is 28.4. The Morgan fingerprint density at radius 1 is 1.18 bits per heavy atom. The van der Waals surface area contributed by atoms with Gasteiger partial charge in [0, 0.05) is 11.9 Å². The second kappa shape index (κ2) is 14.6. The highest BCUT2D eigenvalue weighted by atomic mass is 32.2. The molecule has 0 aromatic carbocycles. The van der Waals surface area contributed by atoms with Crippen molar-refractivity contribution in [1.82, 2.24) is 15.6 Å². The summed E-state index contributed by atoms with van der Waals surface area (Å²) in [6.45, 7) is 7.35. The van der Waals surface area contributed by atoms with Gasteiger partial charge in [0.25, 0.3) is 0 Å². The minimum atomic E-state index is -0.691. The summed E-state index contributed by atoms with van der Waals surface area (Å²) in [5.74, 6) is 0.953. The summed E-state index contributed by atoms with van der Waals surface area (Å²) in [5, 5.41) is 17.8. The third-order valence-corrected chi connectivity index (χ3v) is 6.97. The van der Waals surface area contributed by atoms with Crippen LogP contribution in [-0.4, -0.2) is 51.6 Å². The number of rotatable bonds is 12. The Hall–Kier alpha value is -1.80. The van der Waals surface area contributed by atoms with E-state index in [9.17, 15) is 14.7 Å². The molecule has 2 rings (SSSR count). The topological polar surface area (TPSA) is 101 Å². The summed E-state index contributed by atoms with van der Waals surface area (Å²) in [6.07, 6.45) is 8.99. The van der Waals surface area contributed by atoms with Crippen molar-refractivity contribution in [3.8, 4) is 0 Å². The molecule has 0 saturated heterocycles. The maximum atomic E-state index is 13.2. The lowest BCUT2D eigenvalue weighted by Crippen LogP contribution is -2.53. The quantitative estimate of drug-likeness (QED) is 0.351. The molecule has 2 amide bonds. The van der Waals surface area contributed by atoms with Gasteiger partial charge in [0.15, 0.2) is 0 Å². The summed E-state index contributed by atoms with van der Waals surface area (Å²) in [5.41, 5.74) is -0.637. The van der Waals surface area contributed by atoms with Crippen LogP contribution in [0.5, 0.6) is 0 Å². The van der Waals surface area contributed by atoms with Crippen molar-refractivity contribution < 1.29 is 19.4 Å². The number of carbonyl (C=O) groups is 2. The highest BCUT2D eigenvalue weighted by Gasteiger charge is 2.30. The van der Waals surface area contributed by atoms with Gasteiger partial charge in [-0.05, 0) is 58.1 Å². The Bertz CT molecular complexity index is 735. The van der Waals surface area contributed by atoms with Crippen LogP contribution < -0.4 is 10.6 Å². The number of carbonyl (C=O) groups excluding carboxylic acids is 2. The lowest BCUT2D eigenvalue weighted by Gasteiger charge is -2.31. The van der Waals surface area contributed by atoms with E-state index in [0.717, 1.165) is 30.7 Å². The van der Waals surface area contributed by atoms with E-state index in [1.54, 1.807) is 38.7 Å². The molecule has 7 nitrogen and oxygen atoms in total. The summed E-state index contributed by atoms with van der Waals surface area (Å²) < 4.78 is 5.35. The van der Waals surface area contributed by atoms with E-state index in [1.165, 1.54) is 19.3 Å². The van der Waals surface area contributed by atoms with Crippen LogP contribution in [0.2, 0.25) is 0 Å². The normalized spacial score (nSPS) is 17.4. The SMILES string of the molecule is CCC[C@H](NC(=O)OC(C)(C)C)C(=O)N[C@@H](CC1CCCCC1)[C@@H](O)CCSc1ccccn1. The van der Waals surface area contributed by atoms with E-state index < -0.39 is 23.8 Å². The van der Waals surface area contributed by atoms with Gasteiger partial charge in [0.1, 0.15) is 11.6 Å². The van der Waals surface area contributed by atoms with Crippen LogP contribution in [0, 0.1) is 5.92 Å². The zero-order valence-electron chi connectivity index (χ0n) is 21.2. The summed E-state index contributed by atoms with van der Waals surface area (Å²) >= 11 is 1.60. The van der Waals surface area contributed by atoms with Crippen molar-refractivity contribution in [2.75, 3.05) is 5.75 Å². The molecular weight excluding hydrogens is 450 g/mol. The predicted octanol–water partition coefficient (Wildman–Crippen LogP) is 5.07. The van der Waals surface area contributed by atoms with Crippen molar-refractivity contribution in [3.63, 3.8) is 0 Å². The van der Waals surface area contributed by atoms with Crippen LogP contribution in [0.3, 0.4) is 0 Å². The molecule has 3 N–H and O–H groups in total. The number of pyridine rings is 1. The maximum absolute atomic E-state index is 13.2. The van der Waals surface area contributed by atoms with Crippen LogP contribution in [0.25, 0.3) is 0 Å². The van der Waals surface area contributed by atoms with Gasteiger partial charge >= 0.3 is 6.09 Å². The first-order valence-electron chi connectivity index (χ1n) is 12.7. The van der Waals surface area contributed by atoms with E-state index in [2.05, 4.69) is 15.6 Å². The average molecular weight is 494 g/mol. The third kappa shape index (κ3) is 11.1.